The molecule has 17 heavy (non-hydrogen) atoms. The van der Waals surface area contributed by atoms with E-state index in [1.165, 1.54) is 25.2 Å². The molecule has 0 radical (unpaired) electrons. The second kappa shape index (κ2) is 3.91. The number of fused-ring (bicyclic) bond motifs is 2. The van der Waals surface area contributed by atoms with Crippen molar-refractivity contribution in [2.24, 2.45) is 0 Å². The summed E-state index contributed by atoms with van der Waals surface area (Å²) in [4.78, 5) is 5.16. The number of rotatable bonds is 2. The van der Waals surface area contributed by atoms with E-state index in [0.29, 0.717) is 6.04 Å². The van der Waals surface area contributed by atoms with E-state index in [-0.39, 0.29) is 0 Å². The number of hydrogen-bond acceptors (Lipinski definition) is 3. The molecule has 3 saturated heterocycles. The van der Waals surface area contributed by atoms with E-state index >= 15 is 0 Å². The number of benzene rings is 1. The van der Waals surface area contributed by atoms with Gasteiger partial charge < -0.3 is 10.6 Å². The Morgan fingerprint density at radius 1 is 1.12 bits per heavy atom. The molecule has 1 aromatic rings. The van der Waals surface area contributed by atoms with Crippen molar-refractivity contribution in [1.29, 1.82) is 0 Å². The third kappa shape index (κ3) is 1.78. The van der Waals surface area contributed by atoms with Crippen LogP contribution in [-0.2, 0) is 0 Å². The van der Waals surface area contributed by atoms with Crippen LogP contribution >= 0.6 is 0 Å². The molecule has 3 aliphatic heterocycles. The third-order valence-corrected chi connectivity index (χ3v) is 4.10. The summed E-state index contributed by atoms with van der Waals surface area (Å²) in [6.45, 7) is 6.94. The normalized spacial score (nSPS) is 28.3. The molecule has 2 atom stereocenters. The molecule has 4 rings (SSSR count). The summed E-state index contributed by atoms with van der Waals surface area (Å²) in [5, 5.41) is 0. The molecule has 0 aliphatic carbocycles. The van der Waals surface area contributed by atoms with Gasteiger partial charge in [-0.2, -0.15) is 0 Å². The first kappa shape index (κ1) is 10.9. The maximum atomic E-state index is 5.73. The van der Waals surface area contributed by atoms with Gasteiger partial charge in [-0.1, -0.05) is 0 Å². The summed E-state index contributed by atoms with van der Waals surface area (Å²) in [6, 6.07) is 10.5. The molecule has 3 heteroatoms. The van der Waals surface area contributed by atoms with Crippen molar-refractivity contribution < 1.29 is 0 Å². The summed E-state index contributed by atoms with van der Waals surface area (Å²) in [6.07, 6.45) is 1.38. The van der Waals surface area contributed by atoms with E-state index in [4.69, 9.17) is 5.73 Å². The molecule has 3 fully saturated rings. The van der Waals surface area contributed by atoms with Crippen molar-refractivity contribution in [2.45, 2.75) is 38.4 Å². The molecule has 0 saturated carbocycles. The highest BCUT2D eigenvalue weighted by Gasteiger charge is 2.45. The van der Waals surface area contributed by atoms with E-state index in [2.05, 4.69) is 35.8 Å². The highest BCUT2D eigenvalue weighted by Crippen LogP contribution is 2.36. The summed E-state index contributed by atoms with van der Waals surface area (Å²) < 4.78 is 0. The van der Waals surface area contributed by atoms with E-state index in [1.807, 2.05) is 12.1 Å². The lowest BCUT2D eigenvalue weighted by atomic mass is 9.85. The Bertz CT molecular complexity index is 386. The van der Waals surface area contributed by atoms with Crippen LogP contribution in [0.15, 0.2) is 24.3 Å². The third-order valence-electron chi connectivity index (χ3n) is 4.10. The Morgan fingerprint density at radius 3 is 2.24 bits per heavy atom. The van der Waals surface area contributed by atoms with Gasteiger partial charge in [0.2, 0.25) is 0 Å². The topological polar surface area (TPSA) is 32.5 Å². The summed E-state index contributed by atoms with van der Waals surface area (Å²) in [5.41, 5.74) is 7.89. The van der Waals surface area contributed by atoms with Gasteiger partial charge in [-0.15, -0.1) is 0 Å². The molecule has 0 amide bonds. The van der Waals surface area contributed by atoms with Gasteiger partial charge in [0.05, 0.1) is 0 Å². The Kier molecular flexibility index (Phi) is 2.51. The van der Waals surface area contributed by atoms with Crippen molar-refractivity contribution in [3.8, 4) is 0 Å². The highest BCUT2D eigenvalue weighted by molar-refractivity contribution is 5.54. The Morgan fingerprint density at radius 2 is 1.71 bits per heavy atom. The molecule has 2 unspecified atom stereocenters. The Hall–Kier alpha value is -1.22. The van der Waals surface area contributed by atoms with Gasteiger partial charge in [-0.05, 0) is 44.5 Å². The molecule has 92 valence electrons. The van der Waals surface area contributed by atoms with Crippen LogP contribution in [0.3, 0.4) is 0 Å². The number of nitrogens with two attached hydrogens (primary N) is 1. The fourth-order valence-corrected chi connectivity index (χ4v) is 3.38. The number of hydrogen-bond donors (Lipinski definition) is 1. The molecule has 1 aromatic carbocycles. The predicted octanol–water partition coefficient (Wildman–Crippen LogP) is 1.94. The summed E-state index contributed by atoms with van der Waals surface area (Å²) >= 11 is 0. The predicted molar refractivity (Wildman–Crippen MR) is 72.2 cm³/mol. The van der Waals surface area contributed by atoms with Crippen molar-refractivity contribution in [2.75, 3.05) is 23.7 Å². The van der Waals surface area contributed by atoms with Crippen LogP contribution in [0.5, 0.6) is 0 Å². The summed E-state index contributed by atoms with van der Waals surface area (Å²) in [7, 11) is 0. The fourth-order valence-electron chi connectivity index (χ4n) is 3.38. The van der Waals surface area contributed by atoms with Crippen molar-refractivity contribution in [3.63, 3.8) is 0 Å². The van der Waals surface area contributed by atoms with E-state index in [1.54, 1.807) is 0 Å². The number of nitrogens with zero attached hydrogens (tertiary/aromatic N) is 2. The molecule has 0 spiro atoms. The van der Waals surface area contributed by atoms with Crippen molar-refractivity contribution in [3.05, 3.63) is 24.3 Å². The van der Waals surface area contributed by atoms with Gasteiger partial charge in [0.15, 0.2) is 0 Å². The van der Waals surface area contributed by atoms with Crippen LogP contribution in [0.2, 0.25) is 0 Å². The average Bonchev–Trinajstić information content (AvgIpc) is 2.29. The average molecular weight is 231 g/mol. The Labute approximate surface area is 103 Å². The van der Waals surface area contributed by atoms with Gasteiger partial charge >= 0.3 is 0 Å². The van der Waals surface area contributed by atoms with Crippen LogP contribution in [0.1, 0.15) is 20.3 Å². The fraction of sp³-hybridized carbons (Fsp3) is 0.571. The molecule has 2 N–H and O–H groups in total. The lowest BCUT2D eigenvalue weighted by molar-refractivity contribution is -0.0270. The molecular weight excluding hydrogens is 210 g/mol. The first-order valence-corrected chi connectivity index (χ1v) is 6.53. The minimum absolute atomic E-state index is 0.687. The molecule has 3 heterocycles. The molecule has 0 aromatic heterocycles. The molecule has 2 bridgehead atoms. The Balaban J connectivity index is 1.72. The van der Waals surface area contributed by atoms with Crippen LogP contribution in [0.4, 0.5) is 11.4 Å². The largest absolute Gasteiger partial charge is 0.399 e. The number of nitrogen functional groups attached to an aromatic ring is 1. The van der Waals surface area contributed by atoms with Gasteiger partial charge in [0.25, 0.3) is 0 Å². The van der Waals surface area contributed by atoms with Gasteiger partial charge in [-0.25, -0.2) is 0 Å². The van der Waals surface area contributed by atoms with Crippen LogP contribution in [0.25, 0.3) is 0 Å². The van der Waals surface area contributed by atoms with Crippen LogP contribution < -0.4 is 10.6 Å². The molecule has 3 nitrogen and oxygen atoms in total. The second-order valence-electron chi connectivity index (χ2n) is 5.58. The monoisotopic (exact) mass is 231 g/mol. The zero-order valence-electron chi connectivity index (χ0n) is 10.6. The zero-order valence-corrected chi connectivity index (χ0v) is 10.6. The smallest absolute Gasteiger partial charge is 0.0368 e. The maximum absolute atomic E-state index is 5.73. The minimum Gasteiger partial charge on any atom is -0.399 e. The lowest BCUT2D eigenvalue weighted by Crippen LogP contribution is -2.70. The van der Waals surface area contributed by atoms with E-state index in [0.717, 1.165) is 17.8 Å². The molecular formula is C14H21N3. The van der Waals surface area contributed by atoms with Gasteiger partial charge in [0, 0.05) is 42.6 Å². The molecule has 3 aliphatic rings. The first-order valence-electron chi connectivity index (χ1n) is 6.53. The van der Waals surface area contributed by atoms with Crippen molar-refractivity contribution >= 4 is 11.4 Å². The second-order valence-corrected chi connectivity index (χ2v) is 5.58. The quantitative estimate of drug-likeness (QED) is 0.790. The maximum Gasteiger partial charge on any atom is 0.0368 e. The minimum atomic E-state index is 0.687. The van der Waals surface area contributed by atoms with Gasteiger partial charge in [0.1, 0.15) is 0 Å². The van der Waals surface area contributed by atoms with Crippen molar-refractivity contribution in [1.82, 2.24) is 4.90 Å². The lowest BCUT2D eigenvalue weighted by Gasteiger charge is -2.58. The number of piperazine rings is 1. The van der Waals surface area contributed by atoms with Crippen LogP contribution in [0, 0.1) is 0 Å². The number of piperidine rings is 1. The first-order chi connectivity index (χ1) is 8.15. The standard InChI is InChI=1S/C14H21N3/c1-10(2)17-13-7-14(17)9-16(8-13)12-5-3-11(15)4-6-12/h3-6,10,13-14H,7-9,15H2,1-2H3. The van der Waals surface area contributed by atoms with E-state index < -0.39 is 0 Å². The van der Waals surface area contributed by atoms with Crippen LogP contribution in [-0.4, -0.2) is 36.1 Å². The SMILES string of the molecule is CC(C)N1C2CC1CN(c1ccc(N)cc1)C2. The van der Waals surface area contributed by atoms with E-state index in [9.17, 15) is 0 Å². The zero-order chi connectivity index (χ0) is 12.0. The van der Waals surface area contributed by atoms with Gasteiger partial charge in [-0.3, -0.25) is 4.90 Å². The summed E-state index contributed by atoms with van der Waals surface area (Å²) in [5.74, 6) is 0. The highest BCUT2D eigenvalue weighted by atomic mass is 15.4. The number of anilines is 2.